The third-order valence-electron chi connectivity index (χ3n) is 3.24. The van der Waals surface area contributed by atoms with Crippen LogP contribution in [-0.4, -0.2) is 20.2 Å². The maximum Gasteiger partial charge on any atom is 0.204 e. The Hall–Kier alpha value is -2.69. The molecule has 1 aromatic heterocycles. The summed E-state index contributed by atoms with van der Waals surface area (Å²) in [7, 11) is 0. The van der Waals surface area contributed by atoms with Gasteiger partial charge in [0.05, 0.1) is 6.54 Å². The lowest BCUT2D eigenvalue weighted by atomic mass is 10.2. The van der Waals surface area contributed by atoms with Gasteiger partial charge in [-0.15, -0.1) is 10.2 Å². The lowest BCUT2D eigenvalue weighted by Gasteiger charge is -2.06. The Morgan fingerprint density at radius 1 is 0.958 bits per heavy atom. The number of hydrogen-bond acceptors (Lipinski definition) is 4. The number of aromatic nitrogens is 4. The van der Waals surface area contributed by atoms with E-state index in [1.54, 1.807) is 4.80 Å². The van der Waals surface area contributed by atoms with Crippen LogP contribution >= 0.6 is 0 Å². The zero-order chi connectivity index (χ0) is 17.2. The minimum atomic E-state index is 0.561. The minimum Gasteiger partial charge on any atom is -0.489 e. The zero-order valence-corrected chi connectivity index (χ0v) is 14.5. The lowest BCUT2D eigenvalue weighted by Crippen LogP contribution is -2.00. The van der Waals surface area contributed by atoms with Crippen LogP contribution in [0.2, 0.25) is 0 Å². The summed E-state index contributed by atoms with van der Waals surface area (Å²) in [5.41, 5.74) is 2.09. The fraction of sp³-hybridized carbons (Fsp3) is 0.316. The summed E-state index contributed by atoms with van der Waals surface area (Å²) in [5, 5.41) is 12.4. The molecule has 5 heteroatoms. The first-order valence-corrected chi connectivity index (χ1v) is 8.40. The van der Waals surface area contributed by atoms with Crippen LogP contribution in [0.1, 0.15) is 32.8 Å². The van der Waals surface area contributed by atoms with Gasteiger partial charge >= 0.3 is 0 Å². The van der Waals surface area contributed by atoms with Gasteiger partial charge in [-0.3, -0.25) is 0 Å². The Morgan fingerprint density at radius 2 is 1.67 bits per heavy atom. The van der Waals surface area contributed by atoms with E-state index in [2.05, 4.69) is 22.3 Å². The van der Waals surface area contributed by atoms with Crippen LogP contribution in [-0.2, 0) is 13.2 Å². The van der Waals surface area contributed by atoms with E-state index in [-0.39, 0.29) is 0 Å². The van der Waals surface area contributed by atoms with Crippen LogP contribution in [0.3, 0.4) is 0 Å². The van der Waals surface area contributed by atoms with E-state index in [4.69, 9.17) is 4.74 Å². The Bertz CT molecular complexity index is 708. The summed E-state index contributed by atoms with van der Waals surface area (Å²) >= 11 is 0. The number of nitrogens with zero attached hydrogens (tertiary/aromatic N) is 4. The molecule has 3 rings (SSSR count). The van der Waals surface area contributed by atoms with Crippen LogP contribution in [0.5, 0.6) is 5.75 Å². The van der Waals surface area contributed by atoms with Crippen LogP contribution in [0.15, 0.2) is 54.6 Å². The molecule has 0 aliphatic heterocycles. The quantitative estimate of drug-likeness (QED) is 0.676. The average Bonchev–Trinajstić information content (AvgIpc) is 3.12. The standard InChI is InChI=1S/C17H18N4O.C2H6/c1-2-12-21-19-17(18-20-21)15-8-10-16(11-9-15)22-13-14-6-4-3-5-7-14;1-2/h3-11H,2,12-13H2,1H3;1-2H3. The van der Waals surface area contributed by atoms with Crippen molar-refractivity contribution >= 4 is 0 Å². The van der Waals surface area contributed by atoms with Crippen molar-refractivity contribution in [1.29, 1.82) is 0 Å². The molecule has 2 aromatic carbocycles. The molecular weight excluding hydrogens is 300 g/mol. The SMILES string of the molecule is CC.CCCn1nnc(-c2ccc(OCc3ccccc3)cc2)n1. The normalized spacial score (nSPS) is 9.96. The van der Waals surface area contributed by atoms with Gasteiger partial charge in [0.1, 0.15) is 12.4 Å². The summed E-state index contributed by atoms with van der Waals surface area (Å²) in [5.74, 6) is 1.47. The number of benzene rings is 2. The van der Waals surface area contributed by atoms with Gasteiger partial charge in [-0.25, -0.2) is 0 Å². The maximum absolute atomic E-state index is 5.77. The molecule has 3 aromatic rings. The molecule has 5 nitrogen and oxygen atoms in total. The number of rotatable bonds is 6. The van der Waals surface area contributed by atoms with Crippen molar-refractivity contribution < 1.29 is 4.74 Å². The third-order valence-corrected chi connectivity index (χ3v) is 3.24. The second-order valence-corrected chi connectivity index (χ2v) is 5.01. The number of aryl methyl sites for hydroxylation is 1. The molecule has 0 saturated heterocycles. The van der Waals surface area contributed by atoms with Crippen LogP contribution in [0.25, 0.3) is 11.4 Å². The number of ether oxygens (including phenoxy) is 1. The first-order valence-electron chi connectivity index (χ1n) is 8.40. The molecule has 126 valence electrons. The molecule has 0 fully saturated rings. The molecule has 0 aliphatic rings. The molecule has 0 radical (unpaired) electrons. The summed E-state index contributed by atoms with van der Waals surface area (Å²) in [6.45, 7) is 7.43. The van der Waals surface area contributed by atoms with Gasteiger partial charge in [-0.1, -0.05) is 51.1 Å². The third kappa shape index (κ3) is 4.91. The number of hydrogen-bond donors (Lipinski definition) is 0. The first kappa shape index (κ1) is 17.7. The van der Waals surface area contributed by atoms with E-state index >= 15 is 0 Å². The molecule has 0 aliphatic carbocycles. The highest BCUT2D eigenvalue weighted by Gasteiger charge is 2.05. The Labute approximate surface area is 143 Å². The van der Waals surface area contributed by atoms with Crippen molar-refractivity contribution in [3.8, 4) is 17.1 Å². The summed E-state index contributed by atoms with van der Waals surface area (Å²) < 4.78 is 5.77. The smallest absolute Gasteiger partial charge is 0.204 e. The molecular formula is C19H24N4O. The maximum atomic E-state index is 5.77. The monoisotopic (exact) mass is 324 g/mol. The van der Waals surface area contributed by atoms with E-state index in [1.807, 2.05) is 68.4 Å². The fourth-order valence-electron chi connectivity index (χ4n) is 2.09. The van der Waals surface area contributed by atoms with Crippen LogP contribution < -0.4 is 4.74 Å². The topological polar surface area (TPSA) is 52.8 Å². The van der Waals surface area contributed by atoms with Crippen molar-refractivity contribution in [2.45, 2.75) is 40.3 Å². The largest absolute Gasteiger partial charge is 0.489 e. The van der Waals surface area contributed by atoms with E-state index < -0.39 is 0 Å². The lowest BCUT2D eigenvalue weighted by molar-refractivity contribution is 0.306. The van der Waals surface area contributed by atoms with E-state index in [1.165, 1.54) is 0 Å². The minimum absolute atomic E-state index is 0.561. The van der Waals surface area contributed by atoms with Crippen molar-refractivity contribution in [3.05, 3.63) is 60.2 Å². The van der Waals surface area contributed by atoms with Crippen LogP contribution in [0.4, 0.5) is 0 Å². The summed E-state index contributed by atoms with van der Waals surface area (Å²) in [6.07, 6.45) is 0.988. The Balaban J connectivity index is 0.00000100. The molecule has 0 bridgehead atoms. The van der Waals surface area contributed by atoms with Crippen molar-refractivity contribution in [3.63, 3.8) is 0 Å². The molecule has 24 heavy (non-hydrogen) atoms. The molecule has 0 N–H and O–H groups in total. The van der Waals surface area contributed by atoms with Gasteiger partial charge in [0.15, 0.2) is 0 Å². The van der Waals surface area contributed by atoms with E-state index in [0.717, 1.165) is 29.8 Å². The molecule has 0 amide bonds. The second-order valence-electron chi connectivity index (χ2n) is 5.01. The first-order chi connectivity index (χ1) is 11.8. The molecule has 0 atom stereocenters. The van der Waals surface area contributed by atoms with Gasteiger partial charge < -0.3 is 4.74 Å². The Kier molecular flexibility index (Phi) is 6.95. The highest BCUT2D eigenvalue weighted by Crippen LogP contribution is 2.19. The predicted molar refractivity (Wildman–Crippen MR) is 95.7 cm³/mol. The van der Waals surface area contributed by atoms with E-state index in [0.29, 0.717) is 12.4 Å². The summed E-state index contributed by atoms with van der Waals surface area (Å²) in [4.78, 5) is 1.62. The Morgan fingerprint density at radius 3 is 2.33 bits per heavy atom. The van der Waals surface area contributed by atoms with E-state index in [9.17, 15) is 0 Å². The zero-order valence-electron chi connectivity index (χ0n) is 14.5. The highest BCUT2D eigenvalue weighted by atomic mass is 16.5. The molecule has 1 heterocycles. The van der Waals surface area contributed by atoms with Crippen molar-refractivity contribution in [1.82, 2.24) is 20.2 Å². The van der Waals surface area contributed by atoms with Gasteiger partial charge in [-0.2, -0.15) is 4.80 Å². The van der Waals surface area contributed by atoms with Gasteiger partial charge in [0.2, 0.25) is 5.82 Å². The average molecular weight is 324 g/mol. The second kappa shape index (κ2) is 9.45. The molecule has 0 unspecified atom stereocenters. The molecule has 0 saturated carbocycles. The van der Waals surface area contributed by atoms with Crippen LogP contribution in [0, 0.1) is 0 Å². The van der Waals surface area contributed by atoms with Gasteiger partial charge in [0.25, 0.3) is 0 Å². The summed E-state index contributed by atoms with van der Waals surface area (Å²) in [6, 6.07) is 17.9. The van der Waals surface area contributed by atoms with Crippen molar-refractivity contribution in [2.75, 3.05) is 0 Å². The van der Waals surface area contributed by atoms with Crippen molar-refractivity contribution in [2.24, 2.45) is 0 Å². The predicted octanol–water partition coefficient (Wildman–Crippen LogP) is 4.36. The van der Waals surface area contributed by atoms with Gasteiger partial charge in [-0.05, 0) is 41.5 Å². The van der Waals surface area contributed by atoms with Gasteiger partial charge in [0, 0.05) is 5.56 Å². The number of tetrazole rings is 1. The molecule has 0 spiro atoms. The highest BCUT2D eigenvalue weighted by molar-refractivity contribution is 5.55. The fourth-order valence-corrected chi connectivity index (χ4v) is 2.09.